The molecule has 0 aliphatic carbocycles. The highest BCUT2D eigenvalue weighted by atomic mass is 28.4. The van der Waals surface area contributed by atoms with Gasteiger partial charge in [-0.05, 0) is 18.7 Å². The van der Waals surface area contributed by atoms with Gasteiger partial charge < -0.3 is 4.23 Å². The Balaban J connectivity index is 2.92. The van der Waals surface area contributed by atoms with Crippen LogP contribution < -0.4 is 5.19 Å². The van der Waals surface area contributed by atoms with Crippen LogP contribution >= 0.6 is 0 Å². The second-order valence-electron chi connectivity index (χ2n) is 8.72. The number of benzene rings is 1. The Labute approximate surface area is 141 Å². The monoisotopic (exact) mass is 349 g/mol. The van der Waals surface area contributed by atoms with Crippen molar-refractivity contribution in [1.82, 2.24) is 4.23 Å². The van der Waals surface area contributed by atoms with E-state index in [1.807, 2.05) is 6.08 Å². The second-order valence-corrected chi connectivity index (χ2v) is 23.8. The van der Waals surface area contributed by atoms with E-state index in [4.69, 9.17) is 0 Å². The van der Waals surface area contributed by atoms with Gasteiger partial charge in [-0.15, -0.1) is 0 Å². The molecule has 0 N–H and O–H groups in total. The van der Waals surface area contributed by atoms with Gasteiger partial charge in [-0.25, -0.2) is 0 Å². The molecular formula is C18H35NSi3. The summed E-state index contributed by atoms with van der Waals surface area (Å²) in [7, 11) is -1.53. The molecule has 0 unspecified atom stereocenters. The number of nitrogens with zero attached hydrogens (tertiary/aromatic N) is 1. The smallest absolute Gasteiger partial charge is 0.115 e. The van der Waals surface area contributed by atoms with Gasteiger partial charge in [0.2, 0.25) is 0 Å². The van der Waals surface area contributed by atoms with Crippen LogP contribution in [0.4, 0.5) is 0 Å². The van der Waals surface area contributed by atoms with Crippen molar-refractivity contribution in [2.24, 2.45) is 0 Å². The van der Waals surface area contributed by atoms with Gasteiger partial charge in [-0.1, -0.05) is 94.0 Å². The van der Waals surface area contributed by atoms with Gasteiger partial charge >= 0.3 is 0 Å². The maximum absolute atomic E-state index is 4.00. The van der Waals surface area contributed by atoms with Crippen LogP contribution in [0.3, 0.4) is 0 Å². The molecule has 4 heteroatoms. The summed E-state index contributed by atoms with van der Waals surface area (Å²) < 4.78 is 2.80. The fraction of sp³-hybridized carbons (Fsp3) is 0.556. The van der Waals surface area contributed by atoms with Gasteiger partial charge in [-0.3, -0.25) is 0 Å². The molecule has 0 spiro atoms. The zero-order valence-corrected chi connectivity index (χ0v) is 19.0. The lowest BCUT2D eigenvalue weighted by Gasteiger charge is -2.43. The zero-order chi connectivity index (χ0) is 17.2. The largest absolute Gasteiger partial charge is 0.348 e. The summed E-state index contributed by atoms with van der Waals surface area (Å²) in [5, 5.41) is 1.57. The minimum atomic E-state index is -1.41. The molecule has 0 saturated heterocycles. The molecule has 0 radical (unpaired) electrons. The van der Waals surface area contributed by atoms with Gasteiger partial charge in [0.15, 0.2) is 0 Å². The Hall–Kier alpha value is -0.429. The van der Waals surface area contributed by atoms with Crippen LogP contribution in [0.2, 0.25) is 57.9 Å². The highest BCUT2D eigenvalue weighted by Gasteiger charge is 2.37. The van der Waals surface area contributed by atoms with Crippen LogP contribution in [-0.2, 0) is 0 Å². The summed E-state index contributed by atoms with van der Waals surface area (Å²) >= 11 is 0. The Morgan fingerprint density at radius 3 is 2.00 bits per heavy atom. The van der Waals surface area contributed by atoms with Crippen molar-refractivity contribution in [2.75, 3.05) is 7.05 Å². The maximum atomic E-state index is 4.00. The Kier molecular flexibility index (Phi) is 6.23. The van der Waals surface area contributed by atoms with Crippen LogP contribution in [0.1, 0.15) is 5.56 Å². The fourth-order valence-electron chi connectivity index (χ4n) is 3.12. The average Bonchev–Trinajstić information content (AvgIpc) is 2.43. The van der Waals surface area contributed by atoms with Crippen LogP contribution in [0.5, 0.6) is 0 Å². The normalized spacial score (nSPS) is 13.5. The zero-order valence-electron chi connectivity index (χ0n) is 16.0. The van der Waals surface area contributed by atoms with E-state index in [1.165, 1.54) is 17.7 Å². The predicted molar refractivity (Wildman–Crippen MR) is 112 cm³/mol. The molecule has 0 aliphatic rings. The van der Waals surface area contributed by atoms with E-state index in [0.717, 1.165) is 0 Å². The molecule has 1 rings (SSSR count). The van der Waals surface area contributed by atoms with Crippen LogP contribution in [0, 0.1) is 0 Å². The quantitative estimate of drug-likeness (QED) is 0.610. The molecule has 0 saturated carbocycles. The first-order valence-corrected chi connectivity index (χ1v) is 18.2. The average molecular weight is 350 g/mol. The molecule has 0 bridgehead atoms. The highest BCUT2D eigenvalue weighted by molar-refractivity contribution is 6.94. The molecule has 124 valence electrons. The van der Waals surface area contributed by atoms with E-state index >= 15 is 0 Å². The van der Waals surface area contributed by atoms with E-state index in [0.29, 0.717) is 0 Å². The van der Waals surface area contributed by atoms with Crippen molar-refractivity contribution in [1.29, 1.82) is 0 Å². The van der Waals surface area contributed by atoms with Crippen molar-refractivity contribution < 1.29 is 0 Å². The van der Waals surface area contributed by atoms with Crippen molar-refractivity contribution in [3.8, 4) is 0 Å². The summed E-state index contributed by atoms with van der Waals surface area (Å²) in [6.07, 6.45) is 2.03. The van der Waals surface area contributed by atoms with Gasteiger partial charge in [0, 0.05) is 0 Å². The molecule has 0 heterocycles. The van der Waals surface area contributed by atoms with Crippen molar-refractivity contribution in [2.45, 2.75) is 57.9 Å². The van der Waals surface area contributed by atoms with Gasteiger partial charge in [-0.2, -0.15) is 0 Å². The third-order valence-corrected chi connectivity index (χ3v) is 18.2. The number of rotatable bonds is 7. The first kappa shape index (κ1) is 19.6. The molecular weight excluding hydrogens is 314 g/mol. The predicted octanol–water partition coefficient (Wildman–Crippen LogP) is 5.22. The minimum Gasteiger partial charge on any atom is -0.348 e. The summed E-state index contributed by atoms with van der Waals surface area (Å²) in [5.74, 6) is 0. The van der Waals surface area contributed by atoms with Crippen molar-refractivity contribution >= 4 is 35.8 Å². The third kappa shape index (κ3) is 4.78. The highest BCUT2D eigenvalue weighted by Crippen LogP contribution is 2.26. The van der Waals surface area contributed by atoms with Crippen molar-refractivity contribution in [3.05, 3.63) is 36.4 Å². The Bertz CT molecular complexity index is 515. The molecule has 0 aliphatic heterocycles. The minimum absolute atomic E-state index is 1.20. The SMILES string of the molecule is C=Cc1ccccc1[Si](C)(C)CC[Si](C)(C)N(C)[Si](C)(C)C. The first-order chi connectivity index (χ1) is 9.92. The van der Waals surface area contributed by atoms with E-state index in [9.17, 15) is 0 Å². The summed E-state index contributed by atoms with van der Waals surface area (Å²) in [5.41, 5.74) is 1.34. The van der Waals surface area contributed by atoms with Crippen molar-refractivity contribution in [3.63, 3.8) is 0 Å². The molecule has 1 nitrogen and oxygen atoms in total. The molecule has 0 atom stereocenters. The van der Waals surface area contributed by atoms with Crippen LogP contribution in [-0.4, -0.2) is 35.8 Å². The molecule has 0 amide bonds. The van der Waals surface area contributed by atoms with E-state index in [1.54, 1.807) is 5.19 Å². The summed E-state index contributed by atoms with van der Waals surface area (Å²) in [6.45, 7) is 21.6. The summed E-state index contributed by atoms with van der Waals surface area (Å²) in [6, 6.07) is 11.6. The van der Waals surface area contributed by atoms with Gasteiger partial charge in [0.25, 0.3) is 0 Å². The number of hydrogen-bond acceptors (Lipinski definition) is 1. The first-order valence-electron chi connectivity index (χ1n) is 8.38. The van der Waals surface area contributed by atoms with E-state index < -0.39 is 24.5 Å². The molecule has 0 aromatic heterocycles. The van der Waals surface area contributed by atoms with Crippen LogP contribution in [0.15, 0.2) is 30.8 Å². The fourth-order valence-corrected chi connectivity index (χ4v) is 17.8. The van der Waals surface area contributed by atoms with E-state index in [-0.39, 0.29) is 0 Å². The van der Waals surface area contributed by atoms with Gasteiger partial charge in [0.1, 0.15) is 16.5 Å². The maximum Gasteiger partial charge on any atom is 0.115 e. The lowest BCUT2D eigenvalue weighted by molar-refractivity contribution is 0.746. The lowest BCUT2D eigenvalue weighted by Crippen LogP contribution is -2.59. The second kappa shape index (κ2) is 6.99. The number of hydrogen-bond donors (Lipinski definition) is 0. The molecule has 1 aromatic carbocycles. The molecule has 0 fully saturated rings. The van der Waals surface area contributed by atoms with E-state index in [2.05, 4.69) is 88.0 Å². The Morgan fingerprint density at radius 2 is 1.50 bits per heavy atom. The van der Waals surface area contributed by atoms with Crippen LogP contribution in [0.25, 0.3) is 6.08 Å². The van der Waals surface area contributed by atoms with Gasteiger partial charge in [0.05, 0.1) is 8.07 Å². The standard InChI is InChI=1S/C18H35NSi3/c1-10-17-13-11-12-14-18(17)21(6,7)15-16-22(8,9)19(2)20(3,4)5/h10-14H,1,15-16H2,2-9H3. The Morgan fingerprint density at radius 1 is 0.955 bits per heavy atom. The topological polar surface area (TPSA) is 3.24 Å². The molecule has 1 aromatic rings. The molecule has 22 heavy (non-hydrogen) atoms. The lowest BCUT2D eigenvalue weighted by atomic mass is 10.2. The third-order valence-electron chi connectivity index (χ3n) is 5.19. The summed E-state index contributed by atoms with van der Waals surface area (Å²) in [4.78, 5) is 0.